The number of carbonyl (C=O) groups is 2. The van der Waals surface area contributed by atoms with Crippen molar-refractivity contribution in [2.24, 2.45) is 5.92 Å². The Bertz CT molecular complexity index is 521. The van der Waals surface area contributed by atoms with E-state index in [0.717, 1.165) is 5.56 Å². The van der Waals surface area contributed by atoms with Crippen LogP contribution in [0.2, 0.25) is 0 Å². The summed E-state index contributed by atoms with van der Waals surface area (Å²) in [6.45, 7) is 6.65. The molecule has 1 amide bonds. The van der Waals surface area contributed by atoms with Crippen molar-refractivity contribution < 1.29 is 19.1 Å². The molecule has 0 radical (unpaired) electrons. The van der Waals surface area contributed by atoms with Gasteiger partial charge in [0.25, 0.3) is 0 Å². The van der Waals surface area contributed by atoms with Crippen LogP contribution in [0.1, 0.15) is 32.8 Å². The van der Waals surface area contributed by atoms with Gasteiger partial charge in [0.05, 0.1) is 5.92 Å². The quantitative estimate of drug-likeness (QED) is 0.806. The average Bonchev–Trinajstić information content (AvgIpc) is 2.94. The molecule has 5 nitrogen and oxygen atoms in total. The number of esters is 1. The molecular formula is C17H23NO4. The first-order chi connectivity index (χ1) is 10.3. The standard InChI is InChI=1S/C17H23NO4/c1-17(2,3)22-15(19)14-9-10-18(11-14)16(20)21-12-13-7-5-4-6-8-13/h4-8,14H,9-12H2,1-3H3/t14-/m0/s1. The maximum absolute atomic E-state index is 12.0. The van der Waals surface area contributed by atoms with Crippen LogP contribution in [-0.2, 0) is 20.9 Å². The van der Waals surface area contributed by atoms with Gasteiger partial charge in [-0.2, -0.15) is 0 Å². The maximum atomic E-state index is 12.0. The maximum Gasteiger partial charge on any atom is 0.410 e. The second-order valence-electron chi connectivity index (χ2n) is 6.51. The third-order valence-corrected chi connectivity index (χ3v) is 3.39. The predicted octanol–water partition coefficient (Wildman–Crippen LogP) is 2.99. The zero-order chi connectivity index (χ0) is 16.2. The lowest BCUT2D eigenvalue weighted by Crippen LogP contribution is -2.33. The van der Waals surface area contributed by atoms with Crippen molar-refractivity contribution in [3.63, 3.8) is 0 Å². The van der Waals surface area contributed by atoms with Gasteiger partial charge >= 0.3 is 12.1 Å². The average molecular weight is 305 g/mol. The first kappa shape index (κ1) is 16.3. The van der Waals surface area contributed by atoms with Crippen molar-refractivity contribution in [1.82, 2.24) is 4.90 Å². The summed E-state index contributed by atoms with van der Waals surface area (Å²) in [5.41, 5.74) is 0.442. The molecule has 2 rings (SSSR count). The van der Waals surface area contributed by atoms with Crippen molar-refractivity contribution in [2.75, 3.05) is 13.1 Å². The van der Waals surface area contributed by atoms with E-state index < -0.39 is 5.60 Å². The minimum absolute atomic E-state index is 0.243. The lowest BCUT2D eigenvalue weighted by atomic mass is 10.1. The molecule has 0 aromatic heterocycles. The van der Waals surface area contributed by atoms with Gasteiger partial charge in [-0.15, -0.1) is 0 Å². The van der Waals surface area contributed by atoms with Crippen LogP contribution in [0.3, 0.4) is 0 Å². The first-order valence-electron chi connectivity index (χ1n) is 7.53. The highest BCUT2D eigenvalue weighted by Crippen LogP contribution is 2.21. The molecule has 1 heterocycles. The molecule has 1 fully saturated rings. The fourth-order valence-corrected chi connectivity index (χ4v) is 2.31. The second-order valence-corrected chi connectivity index (χ2v) is 6.51. The summed E-state index contributed by atoms with van der Waals surface area (Å²) >= 11 is 0. The van der Waals surface area contributed by atoms with Gasteiger partial charge in [0.2, 0.25) is 0 Å². The minimum atomic E-state index is -0.502. The van der Waals surface area contributed by atoms with Crippen molar-refractivity contribution in [3.8, 4) is 0 Å². The Morgan fingerprint density at radius 3 is 2.55 bits per heavy atom. The van der Waals surface area contributed by atoms with Crippen molar-refractivity contribution in [2.45, 2.75) is 39.4 Å². The Balaban J connectivity index is 1.80. The molecule has 1 aliphatic rings. The molecule has 1 saturated heterocycles. The van der Waals surface area contributed by atoms with Crippen LogP contribution in [0.4, 0.5) is 4.79 Å². The van der Waals surface area contributed by atoms with Gasteiger partial charge in [-0.1, -0.05) is 30.3 Å². The van der Waals surface area contributed by atoms with E-state index in [1.165, 1.54) is 0 Å². The lowest BCUT2D eigenvalue weighted by molar-refractivity contribution is -0.159. The van der Waals surface area contributed by atoms with Gasteiger partial charge in [0.15, 0.2) is 0 Å². The molecule has 1 atom stereocenters. The van der Waals surface area contributed by atoms with Gasteiger partial charge in [-0.05, 0) is 32.8 Å². The van der Waals surface area contributed by atoms with Gasteiger partial charge in [-0.25, -0.2) is 4.79 Å². The van der Waals surface area contributed by atoms with Gasteiger partial charge < -0.3 is 14.4 Å². The number of carbonyl (C=O) groups excluding carboxylic acids is 2. The third-order valence-electron chi connectivity index (χ3n) is 3.39. The molecule has 22 heavy (non-hydrogen) atoms. The summed E-state index contributed by atoms with van der Waals surface area (Å²) < 4.78 is 10.6. The highest BCUT2D eigenvalue weighted by Gasteiger charge is 2.34. The van der Waals surface area contributed by atoms with Crippen LogP contribution in [-0.4, -0.2) is 35.7 Å². The van der Waals surface area contributed by atoms with E-state index in [-0.39, 0.29) is 24.6 Å². The monoisotopic (exact) mass is 305 g/mol. The first-order valence-corrected chi connectivity index (χ1v) is 7.53. The molecule has 0 saturated carbocycles. The Morgan fingerprint density at radius 2 is 1.91 bits per heavy atom. The van der Waals surface area contributed by atoms with Crippen LogP contribution in [0.25, 0.3) is 0 Å². The molecule has 0 bridgehead atoms. The van der Waals surface area contributed by atoms with E-state index in [9.17, 15) is 9.59 Å². The number of hydrogen-bond donors (Lipinski definition) is 0. The largest absolute Gasteiger partial charge is 0.460 e. The van der Waals surface area contributed by atoms with E-state index in [2.05, 4.69) is 0 Å². The van der Waals surface area contributed by atoms with Crippen LogP contribution in [0.15, 0.2) is 30.3 Å². The number of benzene rings is 1. The van der Waals surface area contributed by atoms with Crippen molar-refractivity contribution in [1.29, 1.82) is 0 Å². The molecule has 0 aliphatic carbocycles. The fraction of sp³-hybridized carbons (Fsp3) is 0.529. The summed E-state index contributed by atoms with van der Waals surface area (Å²) in [7, 11) is 0. The third kappa shape index (κ3) is 4.76. The smallest absolute Gasteiger partial charge is 0.410 e. The number of ether oxygens (including phenoxy) is 2. The normalized spacial score (nSPS) is 18.1. The highest BCUT2D eigenvalue weighted by atomic mass is 16.6. The summed E-state index contributed by atoms with van der Waals surface area (Å²) in [4.78, 5) is 25.6. The molecule has 5 heteroatoms. The van der Waals surface area contributed by atoms with E-state index in [4.69, 9.17) is 9.47 Å². The molecule has 0 spiro atoms. The Labute approximate surface area is 131 Å². The zero-order valence-corrected chi connectivity index (χ0v) is 13.4. The number of rotatable bonds is 3. The number of nitrogens with zero attached hydrogens (tertiary/aromatic N) is 1. The predicted molar refractivity (Wildman–Crippen MR) is 82.2 cm³/mol. The highest BCUT2D eigenvalue weighted by molar-refractivity contribution is 5.76. The summed E-state index contributed by atoms with van der Waals surface area (Å²) in [6, 6.07) is 9.52. The van der Waals surface area contributed by atoms with Gasteiger partial charge in [0, 0.05) is 13.1 Å². The minimum Gasteiger partial charge on any atom is -0.460 e. The van der Waals surface area contributed by atoms with Crippen molar-refractivity contribution in [3.05, 3.63) is 35.9 Å². The van der Waals surface area contributed by atoms with Gasteiger partial charge in [-0.3, -0.25) is 4.79 Å². The molecule has 0 unspecified atom stereocenters. The topological polar surface area (TPSA) is 55.8 Å². The molecule has 0 N–H and O–H groups in total. The number of hydrogen-bond acceptors (Lipinski definition) is 4. The van der Waals surface area contributed by atoms with Crippen LogP contribution in [0.5, 0.6) is 0 Å². The molecule has 1 aromatic rings. The summed E-state index contributed by atoms with van der Waals surface area (Å²) in [5.74, 6) is -0.505. The fourth-order valence-electron chi connectivity index (χ4n) is 2.31. The lowest BCUT2D eigenvalue weighted by Gasteiger charge is -2.22. The second kappa shape index (κ2) is 6.81. The van der Waals surface area contributed by atoms with Crippen LogP contribution >= 0.6 is 0 Å². The van der Waals surface area contributed by atoms with Crippen LogP contribution < -0.4 is 0 Å². The van der Waals surface area contributed by atoms with Crippen molar-refractivity contribution >= 4 is 12.1 Å². The molecule has 1 aromatic carbocycles. The van der Waals surface area contributed by atoms with Gasteiger partial charge in [0.1, 0.15) is 12.2 Å². The SMILES string of the molecule is CC(C)(C)OC(=O)[C@H]1CCN(C(=O)OCc2ccccc2)C1. The number of amides is 1. The molecule has 1 aliphatic heterocycles. The summed E-state index contributed by atoms with van der Waals surface area (Å²) in [5, 5.41) is 0. The number of likely N-dealkylation sites (tertiary alicyclic amines) is 1. The Morgan fingerprint density at radius 1 is 1.23 bits per heavy atom. The van der Waals surface area contributed by atoms with E-state index in [1.807, 2.05) is 51.1 Å². The Kier molecular flexibility index (Phi) is 5.06. The summed E-state index contributed by atoms with van der Waals surface area (Å²) in [6.07, 6.45) is 0.241. The zero-order valence-electron chi connectivity index (χ0n) is 13.4. The molecular weight excluding hydrogens is 282 g/mol. The Hall–Kier alpha value is -2.04. The molecule has 120 valence electrons. The van der Waals surface area contributed by atoms with Crippen LogP contribution in [0, 0.1) is 5.92 Å². The van der Waals surface area contributed by atoms with E-state index in [1.54, 1.807) is 4.90 Å². The van der Waals surface area contributed by atoms with E-state index in [0.29, 0.717) is 19.5 Å². The van der Waals surface area contributed by atoms with E-state index >= 15 is 0 Å².